The molecule has 0 N–H and O–H groups in total. The van der Waals surface area contributed by atoms with Gasteiger partial charge in [0.25, 0.3) is 0 Å². The smallest absolute Gasteiger partial charge is 0.0232 e. The van der Waals surface area contributed by atoms with E-state index in [1.54, 1.807) is 0 Å². The van der Waals surface area contributed by atoms with Gasteiger partial charge in [-0.25, -0.2) is 0 Å². The third-order valence-corrected chi connectivity index (χ3v) is 7.90. The monoisotopic (exact) mass is 264 g/mol. The third kappa shape index (κ3) is 2.00. The predicted molar refractivity (Wildman–Crippen MR) is 85.2 cm³/mol. The molecule has 6 unspecified atom stereocenters. The quantitative estimate of drug-likeness (QED) is 0.506. The van der Waals surface area contributed by atoms with Crippen molar-refractivity contribution >= 4 is 0 Å². The van der Waals surface area contributed by atoms with Gasteiger partial charge in [0.2, 0.25) is 0 Å². The predicted octanol–water partition coefficient (Wildman–Crippen LogP) is 6.30. The van der Waals surface area contributed by atoms with Crippen LogP contribution in [0.25, 0.3) is 0 Å². The fourth-order valence-electron chi connectivity index (χ4n) is 5.58. The van der Waals surface area contributed by atoms with Crippen LogP contribution < -0.4 is 0 Å². The molecule has 2 aliphatic carbocycles. The molecule has 0 saturated heterocycles. The van der Waals surface area contributed by atoms with Gasteiger partial charge in [-0.15, -0.1) is 0 Å². The molecule has 2 fully saturated rings. The number of rotatable bonds is 7. The Kier molecular flexibility index (Phi) is 3.87. The van der Waals surface area contributed by atoms with Gasteiger partial charge in [0.05, 0.1) is 0 Å². The van der Waals surface area contributed by atoms with Crippen molar-refractivity contribution in [2.24, 2.45) is 34.0 Å². The molecule has 112 valence electrons. The second kappa shape index (κ2) is 4.78. The van der Waals surface area contributed by atoms with Gasteiger partial charge in [-0.3, -0.25) is 0 Å². The molecular weight excluding hydrogens is 228 g/mol. The Morgan fingerprint density at radius 3 is 2.05 bits per heavy atom. The maximum atomic E-state index is 2.64. The summed E-state index contributed by atoms with van der Waals surface area (Å²) in [6.07, 6.45) is 8.51. The molecule has 0 radical (unpaired) electrons. The highest BCUT2D eigenvalue weighted by molar-refractivity contribution is 5.22. The van der Waals surface area contributed by atoms with Crippen molar-refractivity contribution in [3.63, 3.8) is 0 Å². The van der Waals surface area contributed by atoms with Gasteiger partial charge >= 0.3 is 0 Å². The molecule has 2 aliphatic rings. The first kappa shape index (κ1) is 15.4. The highest BCUT2D eigenvalue weighted by atomic mass is 14.8. The first-order valence-corrected chi connectivity index (χ1v) is 8.82. The Hall–Kier alpha value is 0. The van der Waals surface area contributed by atoms with Crippen LogP contribution in [0.1, 0.15) is 87.0 Å². The molecular formula is C19H36. The van der Waals surface area contributed by atoms with Crippen molar-refractivity contribution in [2.75, 3.05) is 0 Å². The summed E-state index contributed by atoms with van der Waals surface area (Å²) in [6.45, 7) is 17.5. The highest BCUT2D eigenvalue weighted by Crippen LogP contribution is 2.81. The minimum absolute atomic E-state index is 0.529. The molecule has 0 amide bonds. The lowest BCUT2D eigenvalue weighted by Crippen LogP contribution is -2.44. The molecule has 19 heavy (non-hydrogen) atoms. The normalized spacial score (nSPS) is 40.6. The Morgan fingerprint density at radius 2 is 1.74 bits per heavy atom. The van der Waals surface area contributed by atoms with Crippen molar-refractivity contribution in [3.05, 3.63) is 0 Å². The van der Waals surface area contributed by atoms with Gasteiger partial charge in [-0.05, 0) is 59.7 Å². The van der Waals surface area contributed by atoms with E-state index in [9.17, 15) is 0 Å². The summed E-state index contributed by atoms with van der Waals surface area (Å²) in [5.41, 5.74) is 1.89. The first-order chi connectivity index (χ1) is 8.82. The van der Waals surface area contributed by atoms with E-state index in [4.69, 9.17) is 0 Å². The zero-order valence-corrected chi connectivity index (χ0v) is 14.5. The minimum Gasteiger partial charge on any atom is -0.0654 e. The van der Waals surface area contributed by atoms with Gasteiger partial charge in [0, 0.05) is 0 Å². The Bertz CT molecular complexity index is 333. The molecule has 2 saturated carbocycles. The van der Waals surface area contributed by atoms with E-state index in [-0.39, 0.29) is 0 Å². The summed E-state index contributed by atoms with van der Waals surface area (Å²) < 4.78 is 0. The van der Waals surface area contributed by atoms with Crippen LogP contribution in [0.2, 0.25) is 0 Å². The fraction of sp³-hybridized carbons (Fsp3) is 1.00. The van der Waals surface area contributed by atoms with Gasteiger partial charge in [-0.2, -0.15) is 0 Å². The lowest BCUT2D eigenvalue weighted by atomic mass is 9.53. The molecule has 0 aromatic carbocycles. The SMILES string of the molecule is CCCC(C)(C(C)CC)C(C)(CC)C1CC12CC2C. The third-order valence-electron chi connectivity index (χ3n) is 7.90. The molecule has 0 nitrogen and oxygen atoms in total. The van der Waals surface area contributed by atoms with Crippen molar-refractivity contribution in [3.8, 4) is 0 Å². The van der Waals surface area contributed by atoms with E-state index in [1.165, 1.54) is 38.5 Å². The van der Waals surface area contributed by atoms with Crippen LogP contribution in [0.3, 0.4) is 0 Å². The van der Waals surface area contributed by atoms with Crippen LogP contribution in [0.4, 0.5) is 0 Å². The largest absolute Gasteiger partial charge is 0.0654 e. The molecule has 0 aromatic rings. The average molecular weight is 264 g/mol. The zero-order valence-electron chi connectivity index (χ0n) is 14.5. The van der Waals surface area contributed by atoms with E-state index >= 15 is 0 Å². The van der Waals surface area contributed by atoms with Crippen LogP contribution in [0, 0.1) is 34.0 Å². The van der Waals surface area contributed by atoms with Crippen LogP contribution in [-0.2, 0) is 0 Å². The molecule has 1 spiro atoms. The molecule has 0 heterocycles. The van der Waals surface area contributed by atoms with Crippen molar-refractivity contribution in [2.45, 2.75) is 87.0 Å². The summed E-state index contributed by atoms with van der Waals surface area (Å²) in [4.78, 5) is 0. The topological polar surface area (TPSA) is 0 Å². The van der Waals surface area contributed by atoms with Gasteiger partial charge in [-0.1, -0.05) is 61.3 Å². The van der Waals surface area contributed by atoms with E-state index in [0.29, 0.717) is 10.8 Å². The van der Waals surface area contributed by atoms with Crippen LogP contribution in [0.5, 0.6) is 0 Å². The van der Waals surface area contributed by atoms with Crippen molar-refractivity contribution in [1.82, 2.24) is 0 Å². The lowest BCUT2D eigenvalue weighted by molar-refractivity contribution is -0.0266. The maximum Gasteiger partial charge on any atom is -0.0232 e. The summed E-state index contributed by atoms with van der Waals surface area (Å²) in [7, 11) is 0. The number of hydrogen-bond donors (Lipinski definition) is 0. The molecule has 0 heteroatoms. The Balaban J connectivity index is 2.27. The lowest BCUT2D eigenvalue weighted by Gasteiger charge is -2.51. The zero-order chi connectivity index (χ0) is 14.5. The summed E-state index contributed by atoms with van der Waals surface area (Å²) in [5.74, 6) is 2.89. The van der Waals surface area contributed by atoms with E-state index in [0.717, 1.165) is 23.2 Å². The summed E-state index contributed by atoms with van der Waals surface area (Å²) in [6, 6.07) is 0. The van der Waals surface area contributed by atoms with E-state index in [2.05, 4.69) is 48.5 Å². The second-order valence-electron chi connectivity index (χ2n) is 8.34. The summed E-state index contributed by atoms with van der Waals surface area (Å²) in [5, 5.41) is 0. The average Bonchev–Trinajstić information content (AvgIpc) is 3.27. The van der Waals surface area contributed by atoms with Crippen molar-refractivity contribution in [1.29, 1.82) is 0 Å². The van der Waals surface area contributed by atoms with Gasteiger partial charge in [0.1, 0.15) is 0 Å². The van der Waals surface area contributed by atoms with Crippen molar-refractivity contribution < 1.29 is 0 Å². The van der Waals surface area contributed by atoms with E-state index < -0.39 is 0 Å². The highest BCUT2D eigenvalue weighted by Gasteiger charge is 2.74. The Labute approximate surface area is 121 Å². The van der Waals surface area contributed by atoms with Gasteiger partial charge < -0.3 is 0 Å². The molecule has 2 rings (SSSR count). The first-order valence-electron chi connectivity index (χ1n) is 8.82. The van der Waals surface area contributed by atoms with Gasteiger partial charge in [0.15, 0.2) is 0 Å². The second-order valence-corrected chi connectivity index (χ2v) is 8.34. The maximum absolute atomic E-state index is 2.64. The molecule has 6 atom stereocenters. The standard InChI is InChI=1S/C19H36/c1-8-11-18(7,14(4)9-2)17(6,10-3)16-13-19(16)12-15(19)5/h14-16H,8-13H2,1-7H3. The molecule has 0 bridgehead atoms. The van der Waals surface area contributed by atoms with Crippen LogP contribution in [-0.4, -0.2) is 0 Å². The number of hydrogen-bond acceptors (Lipinski definition) is 0. The Morgan fingerprint density at radius 1 is 1.16 bits per heavy atom. The molecule has 0 aliphatic heterocycles. The van der Waals surface area contributed by atoms with Crippen LogP contribution >= 0.6 is 0 Å². The minimum atomic E-state index is 0.529. The fourth-order valence-corrected chi connectivity index (χ4v) is 5.58. The van der Waals surface area contributed by atoms with Crippen LogP contribution in [0.15, 0.2) is 0 Å². The molecule has 0 aromatic heterocycles. The summed E-state index contributed by atoms with van der Waals surface area (Å²) >= 11 is 0. The van der Waals surface area contributed by atoms with E-state index in [1.807, 2.05) is 0 Å².